The summed E-state index contributed by atoms with van der Waals surface area (Å²) in [4.78, 5) is 11.1. The summed E-state index contributed by atoms with van der Waals surface area (Å²) >= 11 is 0. The first-order chi connectivity index (χ1) is 7.18. The zero-order valence-electron chi connectivity index (χ0n) is 9.83. The molecule has 0 amide bonds. The standard InChI is InChI=1S/C12H22O3/c1-4-14-9-7-5-6-8-10-15-12(13)11(2)3/h4,11H,1,5-10H2,2-3H3. The van der Waals surface area contributed by atoms with E-state index in [-0.39, 0.29) is 11.9 Å². The molecule has 0 saturated carbocycles. The van der Waals surface area contributed by atoms with Gasteiger partial charge in [-0.2, -0.15) is 0 Å². The Morgan fingerprint density at radius 2 is 1.80 bits per heavy atom. The average molecular weight is 214 g/mol. The van der Waals surface area contributed by atoms with Gasteiger partial charge in [-0.05, 0) is 25.7 Å². The van der Waals surface area contributed by atoms with Crippen molar-refractivity contribution in [3.05, 3.63) is 12.8 Å². The summed E-state index contributed by atoms with van der Waals surface area (Å²) in [7, 11) is 0. The molecule has 0 radical (unpaired) electrons. The first-order valence-electron chi connectivity index (χ1n) is 5.57. The van der Waals surface area contributed by atoms with Gasteiger partial charge in [0.15, 0.2) is 0 Å². The number of rotatable bonds is 9. The molecule has 15 heavy (non-hydrogen) atoms. The van der Waals surface area contributed by atoms with Gasteiger partial charge in [-0.25, -0.2) is 0 Å². The highest BCUT2D eigenvalue weighted by Gasteiger charge is 2.06. The highest BCUT2D eigenvalue weighted by molar-refractivity contribution is 5.71. The molecular weight excluding hydrogens is 192 g/mol. The molecule has 0 unspecified atom stereocenters. The molecule has 3 nitrogen and oxygen atoms in total. The number of ether oxygens (including phenoxy) is 2. The Labute approximate surface area is 92.5 Å². The Balaban J connectivity index is 3.11. The van der Waals surface area contributed by atoms with Crippen LogP contribution in [-0.2, 0) is 14.3 Å². The quantitative estimate of drug-likeness (QED) is 0.336. The van der Waals surface area contributed by atoms with Crippen molar-refractivity contribution in [2.45, 2.75) is 39.5 Å². The van der Waals surface area contributed by atoms with Crippen LogP contribution in [0.2, 0.25) is 0 Å². The molecule has 0 aromatic heterocycles. The van der Waals surface area contributed by atoms with Crippen molar-refractivity contribution in [2.24, 2.45) is 5.92 Å². The van der Waals surface area contributed by atoms with Crippen LogP contribution < -0.4 is 0 Å². The van der Waals surface area contributed by atoms with Gasteiger partial charge in [0.2, 0.25) is 0 Å². The lowest BCUT2D eigenvalue weighted by Gasteiger charge is -2.06. The Morgan fingerprint density at radius 1 is 1.20 bits per heavy atom. The summed E-state index contributed by atoms with van der Waals surface area (Å²) in [5.74, 6) is -0.129. The van der Waals surface area contributed by atoms with Gasteiger partial charge in [0.05, 0.1) is 25.4 Å². The zero-order valence-corrected chi connectivity index (χ0v) is 9.83. The Kier molecular flexibility index (Phi) is 8.93. The Hall–Kier alpha value is -0.990. The molecule has 0 N–H and O–H groups in total. The zero-order chi connectivity index (χ0) is 11.5. The minimum atomic E-state index is -0.106. The molecule has 0 aliphatic carbocycles. The van der Waals surface area contributed by atoms with E-state index in [9.17, 15) is 4.79 Å². The van der Waals surface area contributed by atoms with Gasteiger partial charge in [-0.1, -0.05) is 20.4 Å². The molecular formula is C12H22O3. The van der Waals surface area contributed by atoms with E-state index in [4.69, 9.17) is 9.47 Å². The van der Waals surface area contributed by atoms with Gasteiger partial charge in [0.25, 0.3) is 0 Å². The Bertz CT molecular complexity index is 176. The summed E-state index contributed by atoms with van der Waals surface area (Å²) in [6.07, 6.45) is 5.61. The maximum atomic E-state index is 11.1. The highest BCUT2D eigenvalue weighted by Crippen LogP contribution is 2.02. The Morgan fingerprint density at radius 3 is 2.33 bits per heavy atom. The van der Waals surface area contributed by atoms with Crippen LogP contribution in [-0.4, -0.2) is 19.2 Å². The fourth-order valence-electron chi connectivity index (χ4n) is 1.06. The third-order valence-corrected chi connectivity index (χ3v) is 1.99. The van der Waals surface area contributed by atoms with Crippen LogP contribution in [0.15, 0.2) is 12.8 Å². The van der Waals surface area contributed by atoms with Crippen molar-refractivity contribution in [2.75, 3.05) is 13.2 Å². The van der Waals surface area contributed by atoms with Crippen molar-refractivity contribution in [1.29, 1.82) is 0 Å². The van der Waals surface area contributed by atoms with Crippen molar-refractivity contribution in [1.82, 2.24) is 0 Å². The number of unbranched alkanes of at least 4 members (excludes halogenated alkanes) is 3. The van der Waals surface area contributed by atoms with Crippen LogP contribution in [0.25, 0.3) is 0 Å². The summed E-state index contributed by atoms with van der Waals surface area (Å²) in [6.45, 7) is 8.42. The maximum absolute atomic E-state index is 11.1. The second-order valence-corrected chi connectivity index (χ2v) is 3.77. The second kappa shape index (κ2) is 9.56. The molecule has 0 aliphatic heterocycles. The molecule has 0 fully saturated rings. The molecule has 0 heterocycles. The monoisotopic (exact) mass is 214 g/mol. The van der Waals surface area contributed by atoms with Crippen molar-refractivity contribution >= 4 is 5.97 Å². The number of carbonyl (C=O) groups is 1. The smallest absolute Gasteiger partial charge is 0.308 e. The van der Waals surface area contributed by atoms with Crippen molar-refractivity contribution < 1.29 is 14.3 Å². The molecule has 0 atom stereocenters. The normalized spacial score (nSPS) is 10.1. The molecule has 3 heteroatoms. The van der Waals surface area contributed by atoms with Gasteiger partial charge < -0.3 is 9.47 Å². The highest BCUT2D eigenvalue weighted by atomic mass is 16.5. The lowest BCUT2D eigenvalue weighted by molar-refractivity contribution is -0.147. The molecule has 88 valence electrons. The van der Waals surface area contributed by atoms with Gasteiger partial charge in [0.1, 0.15) is 0 Å². The lowest BCUT2D eigenvalue weighted by Crippen LogP contribution is -2.12. The SMILES string of the molecule is C=COCCCCCCOC(=O)C(C)C. The van der Waals surface area contributed by atoms with E-state index in [0.717, 1.165) is 32.3 Å². The van der Waals surface area contributed by atoms with Gasteiger partial charge in [-0.3, -0.25) is 4.79 Å². The number of esters is 1. The van der Waals surface area contributed by atoms with Crippen molar-refractivity contribution in [3.8, 4) is 0 Å². The third kappa shape index (κ3) is 9.32. The third-order valence-electron chi connectivity index (χ3n) is 1.99. The minimum Gasteiger partial charge on any atom is -0.502 e. The number of hydrogen-bond acceptors (Lipinski definition) is 3. The van der Waals surface area contributed by atoms with Crippen LogP contribution in [0.4, 0.5) is 0 Å². The van der Waals surface area contributed by atoms with E-state index in [1.807, 2.05) is 13.8 Å². The minimum absolute atomic E-state index is 0.0222. The van der Waals surface area contributed by atoms with Gasteiger partial charge in [-0.15, -0.1) is 0 Å². The van der Waals surface area contributed by atoms with Gasteiger partial charge in [0, 0.05) is 0 Å². The number of hydrogen-bond donors (Lipinski definition) is 0. The summed E-state index contributed by atoms with van der Waals surface area (Å²) in [6, 6.07) is 0. The summed E-state index contributed by atoms with van der Waals surface area (Å²) in [5, 5.41) is 0. The van der Waals surface area contributed by atoms with Crippen molar-refractivity contribution in [3.63, 3.8) is 0 Å². The fraction of sp³-hybridized carbons (Fsp3) is 0.750. The summed E-state index contributed by atoms with van der Waals surface area (Å²) in [5.41, 5.74) is 0. The topological polar surface area (TPSA) is 35.5 Å². The molecule has 0 bridgehead atoms. The fourth-order valence-corrected chi connectivity index (χ4v) is 1.06. The molecule has 0 spiro atoms. The number of carbonyl (C=O) groups excluding carboxylic acids is 1. The first kappa shape index (κ1) is 14.0. The molecule has 0 aromatic rings. The summed E-state index contributed by atoms with van der Waals surface area (Å²) < 4.78 is 10.0. The first-order valence-corrected chi connectivity index (χ1v) is 5.57. The van der Waals surface area contributed by atoms with E-state index < -0.39 is 0 Å². The second-order valence-electron chi connectivity index (χ2n) is 3.77. The van der Waals surface area contributed by atoms with E-state index in [1.165, 1.54) is 6.26 Å². The predicted molar refractivity (Wildman–Crippen MR) is 60.4 cm³/mol. The van der Waals surface area contributed by atoms with E-state index in [2.05, 4.69) is 6.58 Å². The molecule has 0 aliphatic rings. The van der Waals surface area contributed by atoms with E-state index in [0.29, 0.717) is 6.61 Å². The predicted octanol–water partition coefficient (Wildman–Crippen LogP) is 2.91. The average Bonchev–Trinajstić information content (AvgIpc) is 2.21. The lowest BCUT2D eigenvalue weighted by atomic mass is 10.2. The van der Waals surface area contributed by atoms with Crippen LogP contribution in [0.3, 0.4) is 0 Å². The molecule has 0 rings (SSSR count). The van der Waals surface area contributed by atoms with Gasteiger partial charge >= 0.3 is 5.97 Å². The molecule has 0 saturated heterocycles. The van der Waals surface area contributed by atoms with Crippen LogP contribution in [0.1, 0.15) is 39.5 Å². The largest absolute Gasteiger partial charge is 0.502 e. The van der Waals surface area contributed by atoms with Crippen LogP contribution in [0.5, 0.6) is 0 Å². The van der Waals surface area contributed by atoms with E-state index in [1.54, 1.807) is 0 Å². The van der Waals surface area contributed by atoms with Crippen LogP contribution >= 0.6 is 0 Å². The van der Waals surface area contributed by atoms with E-state index >= 15 is 0 Å². The molecule has 0 aromatic carbocycles. The maximum Gasteiger partial charge on any atom is 0.308 e. The van der Waals surface area contributed by atoms with Crippen LogP contribution in [0, 0.1) is 5.92 Å².